The minimum Gasteiger partial charge on any atom is -0.457 e. The molecule has 69 heavy (non-hydrogen) atoms. The molecule has 379 valence electrons. The number of cyclic esters (lactones) is 1. The second-order valence-corrected chi connectivity index (χ2v) is 19.6. The highest BCUT2D eigenvalue weighted by atomic mass is 16.6. The lowest BCUT2D eigenvalue weighted by atomic mass is 9.85. The minimum absolute atomic E-state index is 0.00407. The maximum atomic E-state index is 14.0. The van der Waals surface area contributed by atoms with Crippen molar-refractivity contribution in [2.24, 2.45) is 0 Å². The molecule has 1 N–H and O–H groups in total. The lowest BCUT2D eigenvalue weighted by Crippen LogP contribution is -2.47. The van der Waals surface area contributed by atoms with Crippen molar-refractivity contribution in [2.45, 2.75) is 238 Å². The topological polar surface area (TPSA) is 143 Å². The number of hydrogen-bond acceptors (Lipinski definition) is 9. The molecule has 2 aromatic heterocycles. The number of aromatic nitrogens is 2. The van der Waals surface area contributed by atoms with Gasteiger partial charge in [0.15, 0.2) is 0 Å². The molecule has 11 nitrogen and oxygen atoms in total. The van der Waals surface area contributed by atoms with E-state index in [2.05, 4.69) is 26.1 Å². The molecular weight excluding hydrogens is 867 g/mol. The van der Waals surface area contributed by atoms with Crippen LogP contribution >= 0.6 is 0 Å². The minimum atomic E-state index is -1.89. The number of rotatable bonds is 35. The molecule has 0 saturated carbocycles. The van der Waals surface area contributed by atoms with Gasteiger partial charge in [0, 0.05) is 22.9 Å². The summed E-state index contributed by atoms with van der Waals surface area (Å²) in [5.74, 6) is -2.40. The molecule has 2 aliphatic rings. The van der Waals surface area contributed by atoms with Crippen LogP contribution in [-0.2, 0) is 52.1 Å². The first-order valence-electron chi connectivity index (χ1n) is 27.2. The van der Waals surface area contributed by atoms with Crippen molar-refractivity contribution >= 4 is 34.7 Å². The normalized spacial score (nSPS) is 15.9. The molecule has 11 heteroatoms. The van der Waals surface area contributed by atoms with Gasteiger partial charge in [-0.25, -0.2) is 9.78 Å². The Morgan fingerprint density at radius 3 is 1.93 bits per heavy atom. The lowest BCUT2D eigenvalue weighted by Gasteiger charge is -2.35. The van der Waals surface area contributed by atoms with Crippen LogP contribution in [0, 0.1) is 6.92 Å². The first-order chi connectivity index (χ1) is 33.6. The van der Waals surface area contributed by atoms with Gasteiger partial charge in [-0.1, -0.05) is 186 Å². The Morgan fingerprint density at radius 1 is 0.754 bits per heavy atom. The number of fused-ring (bicyclic) bond motifs is 5. The highest BCUT2D eigenvalue weighted by molar-refractivity contribution is 5.89. The summed E-state index contributed by atoms with van der Waals surface area (Å²) in [6, 6.07) is 10.7. The molecule has 0 spiro atoms. The van der Waals surface area contributed by atoms with Crippen LogP contribution in [0.3, 0.4) is 0 Å². The number of nitrogens with zero attached hydrogens (tertiary/aromatic N) is 2. The van der Waals surface area contributed by atoms with Crippen molar-refractivity contribution in [1.82, 2.24) is 14.9 Å². The lowest BCUT2D eigenvalue weighted by molar-refractivity contribution is -0.189. The second kappa shape index (κ2) is 30.1. The molecule has 0 fully saturated rings. The van der Waals surface area contributed by atoms with Crippen LogP contribution < -0.4 is 10.9 Å². The zero-order valence-corrected chi connectivity index (χ0v) is 42.6. The molecule has 0 aliphatic carbocycles. The predicted octanol–water partition coefficient (Wildman–Crippen LogP) is 13.4. The molecule has 1 amide bonds. The number of carbonyl (C=O) groups excluding carboxylic acids is 4. The Bertz CT molecular complexity index is 2180. The number of para-hydroxylation sites is 1. The second-order valence-electron chi connectivity index (χ2n) is 19.6. The van der Waals surface area contributed by atoms with Crippen molar-refractivity contribution in [3.63, 3.8) is 0 Å². The average Bonchev–Trinajstić information content (AvgIpc) is 3.71. The van der Waals surface area contributed by atoms with Crippen molar-refractivity contribution in [3.8, 4) is 11.4 Å². The Balaban J connectivity index is 1.13. The Hall–Kier alpha value is -4.80. The van der Waals surface area contributed by atoms with Gasteiger partial charge in [0.2, 0.25) is 11.5 Å². The number of allylic oxidation sites excluding steroid dienone is 1. The van der Waals surface area contributed by atoms with E-state index in [0.717, 1.165) is 55.0 Å². The van der Waals surface area contributed by atoms with E-state index in [9.17, 15) is 24.0 Å². The van der Waals surface area contributed by atoms with Crippen LogP contribution in [0.25, 0.3) is 22.3 Å². The van der Waals surface area contributed by atoms with Gasteiger partial charge in [-0.15, -0.1) is 0 Å². The fourth-order valence-corrected chi connectivity index (χ4v) is 9.82. The molecule has 0 unspecified atom stereocenters. The predicted molar refractivity (Wildman–Crippen MR) is 275 cm³/mol. The van der Waals surface area contributed by atoms with Gasteiger partial charge in [-0.05, 0) is 56.9 Å². The average molecular weight is 951 g/mol. The van der Waals surface area contributed by atoms with E-state index in [1.807, 2.05) is 36.4 Å². The van der Waals surface area contributed by atoms with Crippen molar-refractivity contribution in [3.05, 3.63) is 82.5 Å². The molecule has 2 aliphatic heterocycles. The molecule has 3 aromatic rings. The summed E-state index contributed by atoms with van der Waals surface area (Å²) < 4.78 is 19.0. The number of pyridine rings is 2. The SMILES string of the molecule is [CH2][C@H](NC(=O)CCCCCCCCCCCCCCC)[C@@H](/C=C/CCCCCCCCCCCCC)OC(=O)CCC(=O)O[C@]1(CC)C(=O)OCc2c1cc1n(c2=O)Cc2cc3ccccc3nc2-1. The van der Waals surface area contributed by atoms with Gasteiger partial charge >= 0.3 is 17.9 Å². The van der Waals surface area contributed by atoms with Gasteiger partial charge in [-0.3, -0.25) is 19.2 Å². The van der Waals surface area contributed by atoms with Gasteiger partial charge in [0.05, 0.1) is 47.9 Å². The number of esters is 3. The quantitative estimate of drug-likeness (QED) is 0.0206. The molecule has 3 atom stereocenters. The first kappa shape index (κ1) is 55.1. The van der Waals surface area contributed by atoms with E-state index < -0.39 is 35.7 Å². The zero-order valence-electron chi connectivity index (χ0n) is 42.6. The molecule has 1 radical (unpaired) electrons. The Morgan fingerprint density at radius 2 is 1.32 bits per heavy atom. The Labute approximate surface area is 413 Å². The van der Waals surface area contributed by atoms with Crippen LogP contribution in [-0.4, -0.2) is 45.5 Å². The summed E-state index contributed by atoms with van der Waals surface area (Å²) in [5, 5.41) is 3.91. The molecule has 1 aromatic carbocycles. The van der Waals surface area contributed by atoms with E-state index in [0.29, 0.717) is 24.4 Å². The van der Waals surface area contributed by atoms with E-state index in [1.165, 1.54) is 122 Å². The number of benzene rings is 1. The van der Waals surface area contributed by atoms with Gasteiger partial charge in [0.25, 0.3) is 5.56 Å². The maximum Gasteiger partial charge on any atom is 0.355 e. The molecule has 0 bridgehead atoms. The largest absolute Gasteiger partial charge is 0.457 e. The fraction of sp³-hybridized carbons (Fsp3) is 0.638. The van der Waals surface area contributed by atoms with E-state index >= 15 is 0 Å². The van der Waals surface area contributed by atoms with E-state index in [-0.39, 0.29) is 48.5 Å². The highest BCUT2D eigenvalue weighted by Gasteiger charge is 2.50. The third kappa shape index (κ3) is 16.9. The Kier molecular flexibility index (Phi) is 24.0. The van der Waals surface area contributed by atoms with Crippen LogP contribution in [0.15, 0.2) is 53.3 Å². The summed E-state index contributed by atoms with van der Waals surface area (Å²) in [6.45, 7) is 10.4. The van der Waals surface area contributed by atoms with Crippen molar-refractivity contribution in [2.75, 3.05) is 0 Å². The standard InChI is InChI=1S/C58H84N3O8/c1-5-8-10-12-14-16-18-20-22-24-26-28-30-36-51(44(4)59-52(62)37-31-29-27-25-23-21-19-17-15-13-11-9-6-2)68-53(63)38-39-54(64)69-58(7-3)48-41-50-55-46(40-45-34-32-33-35-49(45)60-55)42-61(50)56(65)47(48)43-67-57(58)66/h30,32-36,40-41,44,51H,4-29,31,37-39,42-43H2,1-3H3,(H,59,62)/b36-30+/t44-,51+,58-/m0/s1. The summed E-state index contributed by atoms with van der Waals surface area (Å²) in [6.07, 6.45) is 33.1. The zero-order chi connectivity index (χ0) is 49.3. The smallest absolute Gasteiger partial charge is 0.355 e. The third-order valence-corrected chi connectivity index (χ3v) is 14.0. The van der Waals surface area contributed by atoms with Crippen LogP contribution in [0.4, 0.5) is 0 Å². The van der Waals surface area contributed by atoms with Crippen molar-refractivity contribution < 1.29 is 33.4 Å². The fourth-order valence-electron chi connectivity index (χ4n) is 9.82. The van der Waals surface area contributed by atoms with Crippen LogP contribution in [0.5, 0.6) is 0 Å². The van der Waals surface area contributed by atoms with Crippen LogP contribution in [0.2, 0.25) is 0 Å². The molecular formula is C58H84N3O8. The number of ether oxygens (including phenoxy) is 3. The molecule has 4 heterocycles. The number of hydrogen-bond donors (Lipinski definition) is 1. The van der Waals surface area contributed by atoms with Crippen LogP contribution in [0.1, 0.15) is 224 Å². The van der Waals surface area contributed by atoms with Gasteiger partial charge < -0.3 is 24.1 Å². The maximum absolute atomic E-state index is 14.0. The summed E-state index contributed by atoms with van der Waals surface area (Å²) in [4.78, 5) is 72.6. The number of amides is 1. The summed E-state index contributed by atoms with van der Waals surface area (Å²) in [5.41, 5.74) is 1.10. The van der Waals surface area contributed by atoms with Gasteiger partial charge in [-0.2, -0.15) is 0 Å². The number of carbonyl (C=O) groups is 4. The highest BCUT2D eigenvalue weighted by Crippen LogP contribution is 2.41. The van der Waals surface area contributed by atoms with Crippen molar-refractivity contribution in [1.29, 1.82) is 0 Å². The monoisotopic (exact) mass is 951 g/mol. The first-order valence-corrected chi connectivity index (χ1v) is 27.2. The van der Waals surface area contributed by atoms with Gasteiger partial charge in [0.1, 0.15) is 12.7 Å². The van der Waals surface area contributed by atoms with E-state index in [4.69, 9.17) is 19.2 Å². The third-order valence-electron chi connectivity index (χ3n) is 14.0. The molecule has 0 saturated heterocycles. The summed E-state index contributed by atoms with van der Waals surface area (Å²) in [7, 11) is 0. The number of nitrogens with one attached hydrogen (secondary N) is 1. The summed E-state index contributed by atoms with van der Waals surface area (Å²) >= 11 is 0. The molecule has 5 rings (SSSR count). The number of unbranched alkanes of at least 4 members (excludes halogenated alkanes) is 23. The van der Waals surface area contributed by atoms with E-state index in [1.54, 1.807) is 23.6 Å².